The summed E-state index contributed by atoms with van der Waals surface area (Å²) in [7, 11) is 0. The molecular weight excluding hydrogens is 309 g/mol. The zero-order valence-corrected chi connectivity index (χ0v) is 13.5. The van der Waals surface area contributed by atoms with E-state index in [1.165, 1.54) is 18.4 Å². The molecule has 0 spiro atoms. The van der Waals surface area contributed by atoms with Gasteiger partial charge in [0.15, 0.2) is 11.5 Å². The van der Waals surface area contributed by atoms with Crippen LogP contribution < -0.4 is 14.8 Å². The number of aliphatic hydroxyl groups excluding tert-OH is 1. The van der Waals surface area contributed by atoms with Gasteiger partial charge in [-0.3, -0.25) is 0 Å². The molecule has 5 heteroatoms. The monoisotopic (exact) mass is 331 g/mol. The van der Waals surface area contributed by atoms with Gasteiger partial charge >= 0.3 is 0 Å². The van der Waals surface area contributed by atoms with Crippen LogP contribution in [-0.2, 0) is 6.61 Å². The van der Waals surface area contributed by atoms with Crippen LogP contribution in [0, 0.1) is 5.82 Å². The molecule has 2 aromatic rings. The molecule has 0 aliphatic carbocycles. The predicted molar refractivity (Wildman–Crippen MR) is 89.7 cm³/mol. The summed E-state index contributed by atoms with van der Waals surface area (Å²) in [6.07, 6.45) is 2.34. The molecule has 24 heavy (non-hydrogen) atoms. The first kappa shape index (κ1) is 16.7. The third-order valence-corrected chi connectivity index (χ3v) is 4.30. The summed E-state index contributed by atoms with van der Waals surface area (Å²) in [6.45, 7) is 2.49. The number of rotatable bonds is 2. The molecule has 1 fully saturated rings. The molecule has 4 nitrogen and oxygen atoms in total. The van der Waals surface area contributed by atoms with Gasteiger partial charge in [-0.15, -0.1) is 0 Å². The number of fused-ring (bicyclic) bond motifs is 1. The van der Waals surface area contributed by atoms with Crippen molar-refractivity contribution >= 4 is 0 Å². The minimum Gasteiger partial charge on any atom is -0.454 e. The Kier molecular flexibility index (Phi) is 5.67. The smallest absolute Gasteiger partial charge is 0.231 e. The van der Waals surface area contributed by atoms with E-state index in [-0.39, 0.29) is 19.2 Å². The van der Waals surface area contributed by atoms with Crippen molar-refractivity contribution in [2.45, 2.75) is 25.4 Å². The van der Waals surface area contributed by atoms with Crippen LogP contribution in [-0.4, -0.2) is 25.0 Å². The summed E-state index contributed by atoms with van der Waals surface area (Å²) < 4.78 is 22.8. The maximum absolute atomic E-state index is 12.6. The Labute approximate surface area is 141 Å². The molecule has 0 unspecified atom stereocenters. The Hall–Kier alpha value is -2.11. The van der Waals surface area contributed by atoms with Crippen LogP contribution in [0.2, 0.25) is 0 Å². The fraction of sp³-hybridized carbons (Fsp3) is 0.368. The van der Waals surface area contributed by atoms with Crippen molar-refractivity contribution in [3.8, 4) is 11.5 Å². The molecular formula is C19H22FNO3. The van der Waals surface area contributed by atoms with E-state index in [2.05, 4.69) is 5.32 Å². The summed E-state index contributed by atoms with van der Waals surface area (Å²) in [5.41, 5.74) is 2.12. The van der Waals surface area contributed by atoms with Gasteiger partial charge in [-0.2, -0.15) is 0 Å². The second-order valence-corrected chi connectivity index (χ2v) is 5.92. The van der Waals surface area contributed by atoms with E-state index in [1.54, 1.807) is 24.3 Å². The summed E-state index contributed by atoms with van der Waals surface area (Å²) in [5, 5.41) is 12.1. The van der Waals surface area contributed by atoms with Crippen LogP contribution in [0.25, 0.3) is 0 Å². The van der Waals surface area contributed by atoms with E-state index < -0.39 is 0 Å². The average Bonchev–Trinajstić information content (AvgIpc) is 3.11. The number of hydrogen-bond donors (Lipinski definition) is 2. The standard InChI is InChI=1S/C11H14FN.C8H8O3/c12-11-3-1-9(2-4-11)10-5-7-13-8-6-10;9-4-6-1-2-7-8(3-6)11-5-10-7/h1-4,10,13H,5-8H2;1-3,9H,4-5H2. The number of nitrogens with one attached hydrogen (secondary N) is 1. The molecule has 2 aromatic carbocycles. The van der Waals surface area contributed by atoms with Crippen LogP contribution in [0.5, 0.6) is 11.5 Å². The lowest BCUT2D eigenvalue weighted by atomic mass is 9.90. The first-order valence-corrected chi connectivity index (χ1v) is 8.22. The molecule has 2 N–H and O–H groups in total. The average molecular weight is 331 g/mol. The van der Waals surface area contributed by atoms with E-state index in [9.17, 15) is 4.39 Å². The number of benzene rings is 2. The van der Waals surface area contributed by atoms with Gasteiger partial charge in [-0.1, -0.05) is 18.2 Å². The third kappa shape index (κ3) is 4.24. The quantitative estimate of drug-likeness (QED) is 0.887. The summed E-state index contributed by atoms with van der Waals surface area (Å²) in [5.74, 6) is 1.96. The van der Waals surface area contributed by atoms with Crippen molar-refractivity contribution in [3.05, 3.63) is 59.4 Å². The van der Waals surface area contributed by atoms with Crippen molar-refractivity contribution in [2.75, 3.05) is 19.9 Å². The number of hydrogen-bond acceptors (Lipinski definition) is 4. The lowest BCUT2D eigenvalue weighted by Gasteiger charge is -2.22. The van der Waals surface area contributed by atoms with Gasteiger partial charge in [0.2, 0.25) is 6.79 Å². The zero-order chi connectivity index (χ0) is 16.8. The Bertz CT molecular complexity index is 654. The van der Waals surface area contributed by atoms with Crippen molar-refractivity contribution in [3.63, 3.8) is 0 Å². The number of aliphatic hydroxyl groups is 1. The number of ether oxygens (including phenoxy) is 2. The topological polar surface area (TPSA) is 50.7 Å². The fourth-order valence-electron chi connectivity index (χ4n) is 2.93. The Morgan fingerprint density at radius 2 is 1.71 bits per heavy atom. The van der Waals surface area contributed by atoms with Crippen LogP contribution >= 0.6 is 0 Å². The normalized spacial score (nSPS) is 16.4. The molecule has 0 bridgehead atoms. The van der Waals surface area contributed by atoms with E-state index in [0.29, 0.717) is 5.92 Å². The van der Waals surface area contributed by atoms with Gasteiger partial charge in [0.25, 0.3) is 0 Å². The highest BCUT2D eigenvalue weighted by Crippen LogP contribution is 2.32. The fourth-order valence-corrected chi connectivity index (χ4v) is 2.93. The summed E-state index contributed by atoms with van der Waals surface area (Å²) in [6, 6.07) is 12.3. The highest BCUT2D eigenvalue weighted by Gasteiger charge is 2.14. The first-order chi connectivity index (χ1) is 11.8. The number of piperidine rings is 1. The molecule has 2 aliphatic rings. The second kappa shape index (κ2) is 8.13. The van der Waals surface area contributed by atoms with Gasteiger partial charge in [-0.25, -0.2) is 4.39 Å². The SMILES string of the molecule is Fc1ccc(C2CCNCC2)cc1.OCc1ccc2c(c1)OCO2. The van der Waals surface area contributed by atoms with Gasteiger partial charge in [0.1, 0.15) is 5.82 Å². The first-order valence-electron chi connectivity index (χ1n) is 8.22. The Morgan fingerprint density at radius 1 is 1.00 bits per heavy atom. The highest BCUT2D eigenvalue weighted by atomic mass is 19.1. The van der Waals surface area contributed by atoms with Gasteiger partial charge < -0.3 is 19.9 Å². The lowest BCUT2D eigenvalue weighted by molar-refractivity contribution is 0.174. The van der Waals surface area contributed by atoms with Crippen LogP contribution in [0.3, 0.4) is 0 Å². The largest absolute Gasteiger partial charge is 0.454 e. The van der Waals surface area contributed by atoms with Crippen LogP contribution in [0.1, 0.15) is 29.9 Å². The molecule has 4 rings (SSSR count). The van der Waals surface area contributed by atoms with Crippen molar-refractivity contribution in [1.29, 1.82) is 0 Å². The van der Waals surface area contributed by atoms with Gasteiger partial charge in [0.05, 0.1) is 6.61 Å². The van der Waals surface area contributed by atoms with E-state index in [4.69, 9.17) is 14.6 Å². The molecule has 0 saturated carbocycles. The molecule has 0 amide bonds. The lowest BCUT2D eigenvalue weighted by Crippen LogP contribution is -2.26. The molecule has 128 valence electrons. The molecule has 1 saturated heterocycles. The maximum Gasteiger partial charge on any atom is 0.231 e. The second-order valence-electron chi connectivity index (χ2n) is 5.92. The molecule has 2 heterocycles. The highest BCUT2D eigenvalue weighted by molar-refractivity contribution is 5.44. The van der Waals surface area contributed by atoms with Crippen molar-refractivity contribution in [1.82, 2.24) is 5.32 Å². The van der Waals surface area contributed by atoms with E-state index in [1.807, 2.05) is 18.2 Å². The number of halogens is 1. The Balaban J connectivity index is 0.000000143. The minimum atomic E-state index is -0.141. The molecule has 0 atom stereocenters. The van der Waals surface area contributed by atoms with Gasteiger partial charge in [0, 0.05) is 0 Å². The summed E-state index contributed by atoms with van der Waals surface area (Å²) in [4.78, 5) is 0. The molecule has 0 aromatic heterocycles. The maximum atomic E-state index is 12.6. The summed E-state index contributed by atoms with van der Waals surface area (Å²) >= 11 is 0. The van der Waals surface area contributed by atoms with E-state index >= 15 is 0 Å². The van der Waals surface area contributed by atoms with Crippen molar-refractivity contribution in [2.24, 2.45) is 0 Å². The van der Waals surface area contributed by atoms with E-state index in [0.717, 1.165) is 30.2 Å². The Morgan fingerprint density at radius 3 is 2.42 bits per heavy atom. The van der Waals surface area contributed by atoms with Crippen molar-refractivity contribution < 1.29 is 19.0 Å². The predicted octanol–water partition coefficient (Wildman–Crippen LogP) is 3.20. The molecule has 0 radical (unpaired) electrons. The zero-order valence-electron chi connectivity index (χ0n) is 13.5. The minimum absolute atomic E-state index is 0.0383. The van der Waals surface area contributed by atoms with Crippen LogP contribution in [0.4, 0.5) is 4.39 Å². The van der Waals surface area contributed by atoms with Crippen LogP contribution in [0.15, 0.2) is 42.5 Å². The van der Waals surface area contributed by atoms with Gasteiger partial charge in [-0.05, 0) is 67.2 Å². The third-order valence-electron chi connectivity index (χ3n) is 4.30. The molecule has 2 aliphatic heterocycles.